The molecule has 0 unspecified atom stereocenters. The van der Waals surface area contributed by atoms with Gasteiger partial charge in [0.25, 0.3) is 0 Å². The first kappa shape index (κ1) is 19.5. The number of aliphatic hydroxyl groups is 1. The first-order valence-corrected chi connectivity index (χ1v) is 9.00. The van der Waals surface area contributed by atoms with Gasteiger partial charge in [0.1, 0.15) is 5.75 Å². The molecule has 25 heavy (non-hydrogen) atoms. The molecule has 0 amide bonds. The molecule has 1 N–H and O–H groups in total. The molecular weight excluding hydrogens is 314 g/mol. The first-order chi connectivity index (χ1) is 12.0. The molecule has 2 aromatic rings. The zero-order valence-electron chi connectivity index (χ0n) is 16.1. The van der Waals surface area contributed by atoms with E-state index in [1.54, 1.807) is 0 Å². The minimum atomic E-state index is 0.144. The van der Waals surface area contributed by atoms with Gasteiger partial charge < -0.3 is 14.4 Å². The van der Waals surface area contributed by atoms with Gasteiger partial charge >= 0.3 is 0 Å². The van der Waals surface area contributed by atoms with E-state index in [1.165, 1.54) is 16.7 Å². The quantitative estimate of drug-likeness (QED) is 0.758. The van der Waals surface area contributed by atoms with Crippen molar-refractivity contribution in [1.29, 1.82) is 0 Å². The molecular formula is C20H31N3O2. The zero-order chi connectivity index (χ0) is 18.4. The van der Waals surface area contributed by atoms with Crippen LogP contribution in [0.3, 0.4) is 0 Å². The summed E-state index contributed by atoms with van der Waals surface area (Å²) in [5.41, 5.74) is 4.89. The SMILES string of the molecule is CCOc1cc(C)c(CN(CCO)Cc2cncn2C)cc1C(C)C. The number of benzene rings is 1. The molecule has 0 atom stereocenters. The van der Waals surface area contributed by atoms with Crippen LogP contribution in [0.4, 0.5) is 0 Å². The highest BCUT2D eigenvalue weighted by Crippen LogP contribution is 2.30. The topological polar surface area (TPSA) is 50.5 Å². The predicted octanol–water partition coefficient (Wildman–Crippen LogP) is 3.25. The van der Waals surface area contributed by atoms with Crippen LogP contribution in [0, 0.1) is 6.92 Å². The molecule has 0 saturated heterocycles. The lowest BCUT2D eigenvalue weighted by molar-refractivity contribution is 0.181. The molecule has 5 heteroatoms. The molecule has 0 bridgehead atoms. The number of hydrogen-bond acceptors (Lipinski definition) is 4. The highest BCUT2D eigenvalue weighted by Gasteiger charge is 2.15. The van der Waals surface area contributed by atoms with Gasteiger partial charge in [-0.3, -0.25) is 4.90 Å². The lowest BCUT2D eigenvalue weighted by atomic mass is 9.96. The molecule has 0 radical (unpaired) electrons. The van der Waals surface area contributed by atoms with Crippen LogP contribution in [0.2, 0.25) is 0 Å². The maximum Gasteiger partial charge on any atom is 0.123 e. The smallest absolute Gasteiger partial charge is 0.123 e. The third kappa shape index (κ3) is 5.06. The van der Waals surface area contributed by atoms with Crippen LogP contribution in [-0.4, -0.2) is 39.3 Å². The highest BCUT2D eigenvalue weighted by molar-refractivity contribution is 5.44. The lowest BCUT2D eigenvalue weighted by Gasteiger charge is -2.24. The highest BCUT2D eigenvalue weighted by atomic mass is 16.5. The Kier molecular flexibility index (Phi) is 7.02. The Bertz CT molecular complexity index is 680. The van der Waals surface area contributed by atoms with Gasteiger partial charge in [-0.2, -0.15) is 0 Å². The average Bonchev–Trinajstić information content (AvgIpc) is 2.95. The number of rotatable bonds is 9. The fraction of sp³-hybridized carbons (Fsp3) is 0.550. The van der Waals surface area contributed by atoms with E-state index in [0.717, 1.165) is 24.5 Å². The molecule has 2 rings (SSSR count). The Balaban J connectivity index is 2.25. The summed E-state index contributed by atoms with van der Waals surface area (Å²) in [6.45, 7) is 11.5. The number of hydrogen-bond donors (Lipinski definition) is 1. The van der Waals surface area contributed by atoms with Crippen LogP contribution in [0.25, 0.3) is 0 Å². The fourth-order valence-corrected chi connectivity index (χ4v) is 3.01. The standard InChI is InChI=1S/C20H31N3O2/c1-6-25-20-9-16(4)17(10-19(20)15(2)3)12-23(7-8-24)13-18-11-21-14-22(18)5/h9-11,14-15,24H,6-8,12-13H2,1-5H3. The monoisotopic (exact) mass is 345 g/mol. The Labute approximate surface area is 151 Å². The second-order valence-corrected chi connectivity index (χ2v) is 6.83. The molecule has 0 aliphatic heterocycles. The van der Waals surface area contributed by atoms with Crippen molar-refractivity contribution in [3.05, 3.63) is 47.0 Å². The van der Waals surface area contributed by atoms with Crippen molar-refractivity contribution in [2.75, 3.05) is 19.8 Å². The molecule has 5 nitrogen and oxygen atoms in total. The van der Waals surface area contributed by atoms with E-state index in [0.29, 0.717) is 19.1 Å². The normalized spacial score (nSPS) is 11.5. The average molecular weight is 345 g/mol. The third-order valence-electron chi connectivity index (χ3n) is 4.50. The van der Waals surface area contributed by atoms with Crippen molar-refractivity contribution in [1.82, 2.24) is 14.5 Å². The minimum Gasteiger partial charge on any atom is -0.494 e. The van der Waals surface area contributed by atoms with Crippen molar-refractivity contribution < 1.29 is 9.84 Å². The van der Waals surface area contributed by atoms with Gasteiger partial charge in [-0.15, -0.1) is 0 Å². The van der Waals surface area contributed by atoms with E-state index >= 15 is 0 Å². The summed E-state index contributed by atoms with van der Waals surface area (Å²) in [5, 5.41) is 9.45. The van der Waals surface area contributed by atoms with Crippen molar-refractivity contribution >= 4 is 0 Å². The zero-order valence-corrected chi connectivity index (χ0v) is 16.1. The van der Waals surface area contributed by atoms with E-state index in [2.05, 4.69) is 42.8 Å². The second-order valence-electron chi connectivity index (χ2n) is 6.83. The van der Waals surface area contributed by atoms with Crippen LogP contribution in [0.15, 0.2) is 24.7 Å². The summed E-state index contributed by atoms with van der Waals surface area (Å²) < 4.78 is 7.85. The van der Waals surface area contributed by atoms with E-state index in [4.69, 9.17) is 4.74 Å². The van der Waals surface area contributed by atoms with Crippen LogP contribution in [0.5, 0.6) is 5.75 Å². The number of aryl methyl sites for hydroxylation is 2. The summed E-state index contributed by atoms with van der Waals surface area (Å²) in [5.74, 6) is 1.39. The van der Waals surface area contributed by atoms with Gasteiger partial charge in [-0.25, -0.2) is 4.98 Å². The Morgan fingerprint density at radius 1 is 1.28 bits per heavy atom. The van der Waals surface area contributed by atoms with Crippen molar-refractivity contribution in [2.24, 2.45) is 7.05 Å². The summed E-state index contributed by atoms with van der Waals surface area (Å²) in [7, 11) is 2.00. The first-order valence-electron chi connectivity index (χ1n) is 9.00. The van der Waals surface area contributed by atoms with Gasteiger partial charge in [0.05, 0.1) is 25.2 Å². The van der Waals surface area contributed by atoms with E-state index in [-0.39, 0.29) is 6.61 Å². The number of nitrogens with zero attached hydrogens (tertiary/aromatic N) is 3. The second kappa shape index (κ2) is 9.02. The molecule has 138 valence electrons. The molecule has 0 saturated carbocycles. The lowest BCUT2D eigenvalue weighted by Crippen LogP contribution is -2.27. The van der Waals surface area contributed by atoms with E-state index in [9.17, 15) is 5.11 Å². The largest absolute Gasteiger partial charge is 0.494 e. The van der Waals surface area contributed by atoms with Gasteiger partial charge in [0.15, 0.2) is 0 Å². The number of aliphatic hydroxyl groups excluding tert-OH is 1. The molecule has 1 heterocycles. The third-order valence-corrected chi connectivity index (χ3v) is 4.50. The molecule has 0 fully saturated rings. The molecule has 0 spiro atoms. The fourth-order valence-electron chi connectivity index (χ4n) is 3.01. The van der Waals surface area contributed by atoms with Crippen LogP contribution in [-0.2, 0) is 20.1 Å². The van der Waals surface area contributed by atoms with E-state index in [1.807, 2.05) is 31.1 Å². The maximum atomic E-state index is 9.45. The van der Waals surface area contributed by atoms with Gasteiger partial charge in [-0.05, 0) is 42.5 Å². The van der Waals surface area contributed by atoms with Crippen molar-refractivity contribution in [2.45, 2.75) is 46.7 Å². The predicted molar refractivity (Wildman–Crippen MR) is 101 cm³/mol. The summed E-state index contributed by atoms with van der Waals surface area (Å²) in [6.07, 6.45) is 3.69. The number of aromatic nitrogens is 2. The summed E-state index contributed by atoms with van der Waals surface area (Å²) in [4.78, 5) is 6.44. The minimum absolute atomic E-state index is 0.144. The van der Waals surface area contributed by atoms with Crippen LogP contribution < -0.4 is 4.74 Å². The summed E-state index contributed by atoms with van der Waals surface area (Å²) in [6, 6.07) is 4.41. The van der Waals surface area contributed by atoms with Gasteiger partial charge in [0, 0.05) is 32.9 Å². The van der Waals surface area contributed by atoms with Crippen molar-refractivity contribution in [3.63, 3.8) is 0 Å². The summed E-state index contributed by atoms with van der Waals surface area (Å²) >= 11 is 0. The number of ether oxygens (including phenoxy) is 1. The number of imidazole rings is 1. The van der Waals surface area contributed by atoms with Gasteiger partial charge in [0.2, 0.25) is 0 Å². The molecule has 1 aromatic carbocycles. The molecule has 1 aromatic heterocycles. The van der Waals surface area contributed by atoms with Crippen LogP contribution in [0.1, 0.15) is 49.1 Å². The maximum absolute atomic E-state index is 9.45. The molecule has 0 aliphatic carbocycles. The Morgan fingerprint density at radius 3 is 2.60 bits per heavy atom. The molecule has 0 aliphatic rings. The van der Waals surface area contributed by atoms with E-state index < -0.39 is 0 Å². The van der Waals surface area contributed by atoms with Crippen LogP contribution >= 0.6 is 0 Å². The van der Waals surface area contributed by atoms with Crippen molar-refractivity contribution in [3.8, 4) is 5.75 Å². The van der Waals surface area contributed by atoms with Gasteiger partial charge in [-0.1, -0.05) is 19.9 Å². The Hall–Kier alpha value is -1.85. The Morgan fingerprint density at radius 2 is 2.04 bits per heavy atom.